The molecule has 4 heteroatoms. The Hall–Kier alpha value is -0.870. The second kappa shape index (κ2) is 5.19. The van der Waals surface area contributed by atoms with Crippen molar-refractivity contribution in [1.29, 1.82) is 0 Å². The number of hydrogen-bond donors (Lipinski definition) is 1. The fourth-order valence-electron chi connectivity index (χ4n) is 2.41. The van der Waals surface area contributed by atoms with Crippen LogP contribution in [0.5, 0.6) is 0 Å². The Morgan fingerprint density at radius 3 is 2.06 bits per heavy atom. The molecular weight excluding hydrogens is 236 g/mol. The first-order chi connectivity index (χ1) is 7.93. The second-order valence-corrected chi connectivity index (χ2v) is 5.92. The first-order valence-electron chi connectivity index (χ1n) is 5.98. The Bertz CT molecular complexity index is 473. The van der Waals surface area contributed by atoms with Crippen LogP contribution in [0.3, 0.4) is 0 Å². The van der Waals surface area contributed by atoms with E-state index in [1.807, 2.05) is 25.1 Å². The van der Waals surface area contributed by atoms with E-state index in [-0.39, 0.29) is 0 Å². The van der Waals surface area contributed by atoms with Gasteiger partial charge in [0, 0.05) is 0 Å². The van der Waals surface area contributed by atoms with Crippen molar-refractivity contribution in [3.05, 3.63) is 35.4 Å². The van der Waals surface area contributed by atoms with Crippen LogP contribution in [0.4, 0.5) is 0 Å². The van der Waals surface area contributed by atoms with Gasteiger partial charge in [0.1, 0.15) is 4.75 Å². The van der Waals surface area contributed by atoms with E-state index < -0.39 is 14.9 Å². The molecule has 1 N–H and O–H groups in total. The van der Waals surface area contributed by atoms with Gasteiger partial charge in [0.05, 0.1) is 0 Å². The topological polar surface area (TPSA) is 54.4 Å². The molecule has 0 radical (unpaired) electrons. The molecule has 0 bridgehead atoms. The van der Waals surface area contributed by atoms with Crippen molar-refractivity contribution in [2.24, 2.45) is 0 Å². The molecule has 0 saturated carbocycles. The van der Waals surface area contributed by atoms with Gasteiger partial charge in [-0.05, 0) is 30.4 Å². The van der Waals surface area contributed by atoms with Gasteiger partial charge in [-0.2, -0.15) is 8.42 Å². The smallest absolute Gasteiger partial charge is 0.274 e. The van der Waals surface area contributed by atoms with E-state index in [0.29, 0.717) is 12.8 Å². The molecule has 0 aliphatic heterocycles. The van der Waals surface area contributed by atoms with E-state index in [9.17, 15) is 13.0 Å². The molecular formula is C13H20O3S. The minimum absolute atomic E-state index is 0.374. The predicted octanol–water partition coefficient (Wildman–Crippen LogP) is 3.15. The van der Waals surface area contributed by atoms with Gasteiger partial charge in [-0.15, -0.1) is 0 Å². The van der Waals surface area contributed by atoms with Gasteiger partial charge in [0.15, 0.2) is 0 Å². The number of benzene rings is 1. The molecule has 0 aliphatic carbocycles. The van der Waals surface area contributed by atoms with Crippen LogP contribution < -0.4 is 0 Å². The minimum Gasteiger partial charge on any atom is -0.285 e. The van der Waals surface area contributed by atoms with Crippen molar-refractivity contribution in [2.45, 2.75) is 44.8 Å². The average Bonchev–Trinajstić information content (AvgIpc) is 2.30. The van der Waals surface area contributed by atoms with Crippen LogP contribution in [0.25, 0.3) is 0 Å². The summed E-state index contributed by atoms with van der Waals surface area (Å²) in [5.74, 6) is 0. The molecule has 0 fully saturated rings. The van der Waals surface area contributed by atoms with Gasteiger partial charge in [-0.25, -0.2) is 0 Å². The van der Waals surface area contributed by atoms with E-state index in [2.05, 4.69) is 0 Å². The highest BCUT2D eigenvalue weighted by Gasteiger charge is 2.42. The van der Waals surface area contributed by atoms with Gasteiger partial charge >= 0.3 is 0 Å². The van der Waals surface area contributed by atoms with E-state index >= 15 is 0 Å². The van der Waals surface area contributed by atoms with E-state index in [4.69, 9.17) is 0 Å². The third-order valence-corrected chi connectivity index (χ3v) is 5.31. The van der Waals surface area contributed by atoms with Gasteiger partial charge < -0.3 is 0 Å². The SMILES string of the molecule is CCc1ccccc1C(CC)(CC)S(=O)(=O)O. The first kappa shape index (κ1) is 14.2. The average molecular weight is 256 g/mol. The highest BCUT2D eigenvalue weighted by Crippen LogP contribution is 2.38. The maximum absolute atomic E-state index is 11.7. The fourth-order valence-corrected chi connectivity index (χ4v) is 3.61. The second-order valence-electron chi connectivity index (χ2n) is 4.19. The van der Waals surface area contributed by atoms with Crippen molar-refractivity contribution in [2.75, 3.05) is 0 Å². The number of aryl methyl sites for hydroxylation is 1. The van der Waals surface area contributed by atoms with Crippen LogP contribution in [0.2, 0.25) is 0 Å². The van der Waals surface area contributed by atoms with E-state index in [0.717, 1.165) is 17.5 Å². The molecule has 0 heterocycles. The molecule has 0 saturated heterocycles. The zero-order chi connectivity index (χ0) is 13.1. The van der Waals surface area contributed by atoms with Gasteiger partial charge in [-0.1, -0.05) is 45.0 Å². The maximum atomic E-state index is 11.7. The highest BCUT2D eigenvalue weighted by molar-refractivity contribution is 7.86. The standard InChI is InChI=1S/C13H20O3S/c1-4-11-9-7-8-10-12(11)13(5-2,6-3)17(14,15)16/h7-10H,4-6H2,1-3H3,(H,14,15,16). The molecule has 1 aromatic rings. The highest BCUT2D eigenvalue weighted by atomic mass is 32.2. The summed E-state index contributed by atoms with van der Waals surface area (Å²) in [6, 6.07) is 7.43. The third-order valence-electron chi connectivity index (χ3n) is 3.53. The molecule has 0 unspecified atom stereocenters. The maximum Gasteiger partial charge on any atom is 0.274 e. The van der Waals surface area contributed by atoms with Gasteiger partial charge in [0.2, 0.25) is 0 Å². The molecule has 0 spiro atoms. The summed E-state index contributed by atoms with van der Waals surface area (Å²) in [5, 5.41) is 0. The largest absolute Gasteiger partial charge is 0.285 e. The van der Waals surface area contributed by atoms with Crippen LogP contribution in [0, 0.1) is 0 Å². The lowest BCUT2D eigenvalue weighted by molar-refractivity contribution is 0.409. The molecule has 3 nitrogen and oxygen atoms in total. The van der Waals surface area contributed by atoms with Crippen LogP contribution in [0.1, 0.15) is 44.7 Å². The molecule has 0 atom stereocenters. The molecule has 1 aromatic carbocycles. The van der Waals surface area contributed by atoms with Crippen molar-refractivity contribution < 1.29 is 13.0 Å². The molecule has 1 rings (SSSR count). The quantitative estimate of drug-likeness (QED) is 0.823. The van der Waals surface area contributed by atoms with Crippen LogP contribution in [-0.4, -0.2) is 13.0 Å². The van der Waals surface area contributed by atoms with Crippen molar-refractivity contribution in [3.8, 4) is 0 Å². The van der Waals surface area contributed by atoms with E-state index in [1.54, 1.807) is 19.9 Å². The molecule has 17 heavy (non-hydrogen) atoms. The van der Waals surface area contributed by atoms with Crippen molar-refractivity contribution in [3.63, 3.8) is 0 Å². The number of hydrogen-bond acceptors (Lipinski definition) is 2. The first-order valence-corrected chi connectivity index (χ1v) is 7.42. The summed E-state index contributed by atoms with van der Waals surface area (Å²) in [6.07, 6.45) is 1.51. The summed E-state index contributed by atoms with van der Waals surface area (Å²) < 4.78 is 31.9. The lowest BCUT2D eigenvalue weighted by Gasteiger charge is -2.30. The summed E-state index contributed by atoms with van der Waals surface area (Å²) >= 11 is 0. The minimum atomic E-state index is -4.11. The normalized spacial score (nSPS) is 12.7. The van der Waals surface area contributed by atoms with Gasteiger partial charge in [-0.3, -0.25) is 4.55 Å². The summed E-state index contributed by atoms with van der Waals surface area (Å²) in [7, 11) is -4.11. The molecule has 0 aromatic heterocycles. The van der Waals surface area contributed by atoms with Crippen molar-refractivity contribution >= 4 is 10.1 Å². The zero-order valence-electron chi connectivity index (χ0n) is 10.6. The Kier molecular flexibility index (Phi) is 4.33. The molecule has 96 valence electrons. The molecule has 0 aliphatic rings. The Balaban J connectivity index is 3.53. The van der Waals surface area contributed by atoms with Crippen LogP contribution in [0.15, 0.2) is 24.3 Å². The van der Waals surface area contributed by atoms with Crippen LogP contribution in [-0.2, 0) is 21.3 Å². The number of rotatable bonds is 5. The Labute approximate surface area is 104 Å². The van der Waals surface area contributed by atoms with Gasteiger partial charge in [0.25, 0.3) is 10.1 Å². The fraction of sp³-hybridized carbons (Fsp3) is 0.538. The Morgan fingerprint density at radius 1 is 1.12 bits per heavy atom. The summed E-state index contributed by atoms with van der Waals surface area (Å²) in [6.45, 7) is 5.58. The molecule has 0 amide bonds. The summed E-state index contributed by atoms with van der Waals surface area (Å²) in [4.78, 5) is 0. The lowest BCUT2D eigenvalue weighted by atomic mass is 9.88. The van der Waals surface area contributed by atoms with Crippen LogP contribution >= 0.6 is 0 Å². The Morgan fingerprint density at radius 2 is 1.65 bits per heavy atom. The monoisotopic (exact) mass is 256 g/mol. The lowest BCUT2D eigenvalue weighted by Crippen LogP contribution is -2.35. The zero-order valence-corrected chi connectivity index (χ0v) is 11.4. The predicted molar refractivity (Wildman–Crippen MR) is 69.6 cm³/mol. The van der Waals surface area contributed by atoms with Crippen molar-refractivity contribution in [1.82, 2.24) is 0 Å². The summed E-state index contributed by atoms with van der Waals surface area (Å²) in [5.41, 5.74) is 1.71. The third kappa shape index (κ3) is 2.38. The van der Waals surface area contributed by atoms with E-state index in [1.165, 1.54) is 0 Å².